The SMILES string of the molecule is O=C(c1ccc(F)cc1)N1CCC2(CC1)CC(N1CCCC1)C2. The van der Waals surface area contributed by atoms with Crippen LogP contribution in [-0.2, 0) is 0 Å². The molecule has 0 aromatic heterocycles. The molecule has 2 heterocycles. The second kappa shape index (κ2) is 5.90. The van der Waals surface area contributed by atoms with E-state index in [-0.39, 0.29) is 11.7 Å². The van der Waals surface area contributed by atoms with Crippen molar-refractivity contribution in [2.75, 3.05) is 26.2 Å². The molecule has 1 aliphatic carbocycles. The summed E-state index contributed by atoms with van der Waals surface area (Å²) in [6, 6.07) is 6.72. The van der Waals surface area contributed by atoms with Crippen LogP contribution < -0.4 is 0 Å². The van der Waals surface area contributed by atoms with Gasteiger partial charge in [0.05, 0.1) is 0 Å². The van der Waals surface area contributed by atoms with E-state index in [2.05, 4.69) is 4.90 Å². The Morgan fingerprint density at radius 1 is 1.00 bits per heavy atom. The lowest BCUT2D eigenvalue weighted by molar-refractivity contribution is -0.0311. The molecule has 3 aliphatic rings. The van der Waals surface area contributed by atoms with Crippen LogP contribution in [0.2, 0.25) is 0 Å². The van der Waals surface area contributed by atoms with E-state index in [0.29, 0.717) is 11.0 Å². The number of benzene rings is 1. The smallest absolute Gasteiger partial charge is 0.253 e. The van der Waals surface area contributed by atoms with Crippen LogP contribution in [0.25, 0.3) is 0 Å². The Morgan fingerprint density at radius 2 is 1.61 bits per heavy atom. The molecule has 0 N–H and O–H groups in total. The lowest BCUT2D eigenvalue weighted by atomic mass is 9.60. The summed E-state index contributed by atoms with van der Waals surface area (Å²) in [5.41, 5.74) is 1.10. The van der Waals surface area contributed by atoms with Gasteiger partial charge in [-0.15, -0.1) is 0 Å². The van der Waals surface area contributed by atoms with Crippen molar-refractivity contribution in [3.63, 3.8) is 0 Å². The first kappa shape index (κ1) is 15.1. The molecule has 124 valence electrons. The van der Waals surface area contributed by atoms with Gasteiger partial charge in [-0.2, -0.15) is 0 Å². The Bertz CT molecular complexity index is 564. The van der Waals surface area contributed by atoms with E-state index in [1.54, 1.807) is 12.1 Å². The van der Waals surface area contributed by atoms with Gasteiger partial charge in [-0.05, 0) is 81.3 Å². The Balaban J connectivity index is 1.31. The third kappa shape index (κ3) is 2.89. The zero-order valence-corrected chi connectivity index (χ0v) is 13.6. The van der Waals surface area contributed by atoms with Crippen molar-refractivity contribution >= 4 is 5.91 Å². The van der Waals surface area contributed by atoms with Crippen molar-refractivity contribution in [3.05, 3.63) is 35.6 Å². The maximum absolute atomic E-state index is 13.0. The number of carbonyl (C=O) groups excluding carboxylic acids is 1. The van der Waals surface area contributed by atoms with Crippen molar-refractivity contribution in [2.45, 2.75) is 44.6 Å². The van der Waals surface area contributed by atoms with Gasteiger partial charge in [-0.3, -0.25) is 4.79 Å². The quantitative estimate of drug-likeness (QED) is 0.836. The molecular formula is C19H25FN2O. The summed E-state index contributed by atoms with van der Waals surface area (Å²) in [6.45, 7) is 4.28. The topological polar surface area (TPSA) is 23.6 Å². The summed E-state index contributed by atoms with van der Waals surface area (Å²) in [7, 11) is 0. The normalized spacial score (nSPS) is 24.8. The molecule has 1 aromatic rings. The summed E-state index contributed by atoms with van der Waals surface area (Å²) in [4.78, 5) is 17.1. The zero-order valence-electron chi connectivity index (χ0n) is 13.6. The summed E-state index contributed by atoms with van der Waals surface area (Å²) >= 11 is 0. The van der Waals surface area contributed by atoms with Crippen LogP contribution in [0.15, 0.2) is 24.3 Å². The maximum atomic E-state index is 13.0. The number of nitrogens with zero attached hydrogens (tertiary/aromatic N) is 2. The van der Waals surface area contributed by atoms with Gasteiger partial charge in [-0.1, -0.05) is 0 Å². The molecule has 0 unspecified atom stereocenters. The van der Waals surface area contributed by atoms with Gasteiger partial charge in [0.1, 0.15) is 5.82 Å². The molecule has 3 fully saturated rings. The van der Waals surface area contributed by atoms with Gasteiger partial charge in [0.15, 0.2) is 0 Å². The maximum Gasteiger partial charge on any atom is 0.253 e. The predicted molar refractivity (Wildman–Crippen MR) is 87.8 cm³/mol. The van der Waals surface area contributed by atoms with E-state index in [1.807, 2.05) is 4.90 Å². The van der Waals surface area contributed by atoms with Gasteiger partial charge < -0.3 is 9.80 Å². The van der Waals surface area contributed by atoms with Crippen molar-refractivity contribution in [3.8, 4) is 0 Å². The third-order valence-corrected chi connectivity index (χ3v) is 6.20. The number of rotatable bonds is 2. The highest BCUT2D eigenvalue weighted by molar-refractivity contribution is 5.94. The molecule has 1 aromatic carbocycles. The highest BCUT2D eigenvalue weighted by atomic mass is 19.1. The summed E-state index contributed by atoms with van der Waals surface area (Å²) in [5, 5.41) is 0. The van der Waals surface area contributed by atoms with E-state index in [9.17, 15) is 9.18 Å². The Morgan fingerprint density at radius 3 is 2.22 bits per heavy atom. The number of carbonyl (C=O) groups is 1. The number of likely N-dealkylation sites (tertiary alicyclic amines) is 2. The van der Waals surface area contributed by atoms with Crippen molar-refractivity contribution in [1.82, 2.24) is 9.80 Å². The van der Waals surface area contributed by atoms with E-state index < -0.39 is 0 Å². The minimum atomic E-state index is -0.290. The number of hydrogen-bond acceptors (Lipinski definition) is 2. The second-order valence-electron chi connectivity index (χ2n) is 7.60. The van der Waals surface area contributed by atoms with Gasteiger partial charge in [-0.25, -0.2) is 4.39 Å². The van der Waals surface area contributed by atoms with Crippen LogP contribution in [0.1, 0.15) is 48.9 Å². The second-order valence-corrected chi connectivity index (χ2v) is 7.60. The molecule has 3 nitrogen and oxygen atoms in total. The third-order valence-electron chi connectivity index (χ3n) is 6.20. The highest BCUT2D eigenvalue weighted by Crippen LogP contribution is 2.51. The molecular weight excluding hydrogens is 291 g/mol. The summed E-state index contributed by atoms with van der Waals surface area (Å²) < 4.78 is 13.0. The molecule has 4 heteroatoms. The Labute approximate surface area is 137 Å². The van der Waals surface area contributed by atoms with Gasteiger partial charge in [0.25, 0.3) is 5.91 Å². The molecule has 2 aliphatic heterocycles. The van der Waals surface area contributed by atoms with Gasteiger partial charge in [0.2, 0.25) is 0 Å². The van der Waals surface area contributed by atoms with Crippen LogP contribution >= 0.6 is 0 Å². The zero-order chi connectivity index (χ0) is 15.9. The molecule has 0 radical (unpaired) electrons. The summed E-state index contributed by atoms with van der Waals surface area (Å²) in [6.07, 6.45) is 7.64. The fraction of sp³-hybridized carbons (Fsp3) is 0.632. The number of halogens is 1. The van der Waals surface area contributed by atoms with E-state index in [0.717, 1.165) is 32.0 Å². The van der Waals surface area contributed by atoms with E-state index in [4.69, 9.17) is 0 Å². The van der Waals surface area contributed by atoms with Crippen molar-refractivity contribution in [1.29, 1.82) is 0 Å². The molecule has 0 atom stereocenters. The lowest BCUT2D eigenvalue weighted by Gasteiger charge is -2.54. The minimum Gasteiger partial charge on any atom is -0.339 e. The number of amides is 1. The first-order chi connectivity index (χ1) is 11.2. The monoisotopic (exact) mass is 316 g/mol. The lowest BCUT2D eigenvalue weighted by Crippen LogP contribution is -2.55. The number of piperidine rings is 1. The van der Waals surface area contributed by atoms with E-state index >= 15 is 0 Å². The van der Waals surface area contributed by atoms with Gasteiger partial charge in [0, 0.05) is 24.7 Å². The van der Waals surface area contributed by atoms with Crippen LogP contribution in [0.5, 0.6) is 0 Å². The van der Waals surface area contributed by atoms with Crippen LogP contribution in [0.3, 0.4) is 0 Å². The van der Waals surface area contributed by atoms with Crippen LogP contribution in [0.4, 0.5) is 4.39 Å². The molecule has 4 rings (SSSR count). The van der Waals surface area contributed by atoms with Crippen molar-refractivity contribution < 1.29 is 9.18 Å². The van der Waals surface area contributed by atoms with E-state index in [1.165, 1.54) is 50.9 Å². The molecule has 1 amide bonds. The molecule has 1 saturated carbocycles. The first-order valence-corrected chi connectivity index (χ1v) is 8.94. The number of hydrogen-bond donors (Lipinski definition) is 0. The fourth-order valence-corrected chi connectivity index (χ4v) is 4.67. The van der Waals surface area contributed by atoms with Crippen LogP contribution in [0, 0.1) is 11.2 Å². The molecule has 1 spiro atoms. The largest absolute Gasteiger partial charge is 0.339 e. The molecule has 0 bridgehead atoms. The predicted octanol–water partition coefficient (Wildman–Crippen LogP) is 3.31. The standard InChI is InChI=1S/C19H25FN2O/c20-16-5-3-15(4-6-16)18(23)22-11-7-19(8-12-22)13-17(14-19)21-9-1-2-10-21/h3-6,17H,1-2,7-14H2. The summed E-state index contributed by atoms with van der Waals surface area (Å²) in [5.74, 6) is -0.239. The van der Waals surface area contributed by atoms with Gasteiger partial charge >= 0.3 is 0 Å². The molecule has 2 saturated heterocycles. The average Bonchev–Trinajstić information content (AvgIpc) is 3.07. The minimum absolute atomic E-state index is 0.0512. The average molecular weight is 316 g/mol. The highest BCUT2D eigenvalue weighted by Gasteiger charge is 2.48. The fourth-order valence-electron chi connectivity index (χ4n) is 4.67. The Kier molecular flexibility index (Phi) is 3.88. The first-order valence-electron chi connectivity index (χ1n) is 8.94. The molecule has 23 heavy (non-hydrogen) atoms. The Hall–Kier alpha value is -1.42. The van der Waals surface area contributed by atoms with Crippen molar-refractivity contribution in [2.24, 2.45) is 5.41 Å². The van der Waals surface area contributed by atoms with Crippen LogP contribution in [-0.4, -0.2) is 47.9 Å².